The lowest BCUT2D eigenvalue weighted by molar-refractivity contribution is -0.175. The third-order valence-corrected chi connectivity index (χ3v) is 4.28. The Labute approximate surface area is 123 Å². The zero-order valence-electron chi connectivity index (χ0n) is 11.9. The van der Waals surface area contributed by atoms with Crippen molar-refractivity contribution in [1.82, 2.24) is 4.90 Å². The summed E-state index contributed by atoms with van der Waals surface area (Å²) in [5, 5.41) is 0. The summed E-state index contributed by atoms with van der Waals surface area (Å²) in [7, 11) is 0. The van der Waals surface area contributed by atoms with E-state index in [1.54, 1.807) is 4.90 Å². The maximum atomic E-state index is 12.5. The highest BCUT2D eigenvalue weighted by Gasteiger charge is 2.51. The molecule has 2 aliphatic rings. The number of rotatable bonds is 3. The van der Waals surface area contributed by atoms with Gasteiger partial charge >= 0.3 is 5.97 Å². The van der Waals surface area contributed by atoms with Gasteiger partial charge in [0.05, 0.1) is 6.54 Å². The first-order valence-corrected chi connectivity index (χ1v) is 7.38. The number of carbonyl (C=O) groups excluding carboxylic acids is 2. The molecule has 1 aromatic carbocycles. The quantitative estimate of drug-likeness (QED) is 0.796. The Bertz CT molecular complexity index is 522. The lowest BCUT2D eigenvalue weighted by Crippen LogP contribution is -2.61. The number of hydrogen-bond acceptors (Lipinski definition) is 4. The van der Waals surface area contributed by atoms with Crippen LogP contribution in [-0.4, -0.2) is 42.1 Å². The number of cyclic esters (lactones) is 1. The van der Waals surface area contributed by atoms with Crippen molar-refractivity contribution in [3.05, 3.63) is 30.3 Å². The summed E-state index contributed by atoms with van der Waals surface area (Å²) < 4.78 is 10.7. The Morgan fingerprint density at radius 1 is 1.24 bits per heavy atom. The van der Waals surface area contributed by atoms with E-state index in [0.717, 1.165) is 12.8 Å². The van der Waals surface area contributed by atoms with Crippen LogP contribution in [0, 0.1) is 0 Å². The van der Waals surface area contributed by atoms with Crippen LogP contribution >= 0.6 is 0 Å². The molecule has 112 valence electrons. The van der Waals surface area contributed by atoms with E-state index in [1.165, 1.54) is 0 Å². The number of hydrogen-bond donors (Lipinski definition) is 0. The fourth-order valence-electron chi connectivity index (χ4n) is 3.23. The van der Waals surface area contributed by atoms with Crippen LogP contribution in [0.4, 0.5) is 0 Å². The molecule has 1 aromatic rings. The lowest BCUT2D eigenvalue weighted by atomic mass is 9.93. The van der Waals surface area contributed by atoms with Gasteiger partial charge in [0, 0.05) is 0 Å². The molecule has 0 bridgehead atoms. The molecule has 21 heavy (non-hydrogen) atoms. The number of amides is 1. The van der Waals surface area contributed by atoms with Crippen LogP contribution in [0.5, 0.6) is 5.75 Å². The predicted molar refractivity (Wildman–Crippen MR) is 75.8 cm³/mol. The van der Waals surface area contributed by atoms with Crippen LogP contribution in [-0.2, 0) is 14.3 Å². The number of carbonyl (C=O) groups is 2. The second-order valence-corrected chi connectivity index (χ2v) is 5.52. The van der Waals surface area contributed by atoms with E-state index in [2.05, 4.69) is 0 Å². The van der Waals surface area contributed by atoms with Crippen molar-refractivity contribution < 1.29 is 19.1 Å². The largest absolute Gasteiger partial charge is 0.484 e. The maximum Gasteiger partial charge on any atom is 0.332 e. The molecule has 1 aliphatic carbocycles. The van der Waals surface area contributed by atoms with E-state index < -0.39 is 5.54 Å². The Kier molecular flexibility index (Phi) is 3.82. The van der Waals surface area contributed by atoms with Crippen LogP contribution in [0.3, 0.4) is 0 Å². The Morgan fingerprint density at radius 3 is 2.67 bits per heavy atom. The van der Waals surface area contributed by atoms with Crippen molar-refractivity contribution in [2.75, 3.05) is 19.8 Å². The first-order chi connectivity index (χ1) is 10.2. The normalized spacial score (nSPS) is 20.4. The van der Waals surface area contributed by atoms with Crippen molar-refractivity contribution in [3.63, 3.8) is 0 Å². The zero-order valence-corrected chi connectivity index (χ0v) is 11.9. The first kappa shape index (κ1) is 13.9. The van der Waals surface area contributed by atoms with Crippen LogP contribution < -0.4 is 4.74 Å². The molecule has 0 radical (unpaired) electrons. The number of benzene rings is 1. The average molecular weight is 289 g/mol. The fourth-order valence-corrected chi connectivity index (χ4v) is 3.23. The van der Waals surface area contributed by atoms with Crippen molar-refractivity contribution >= 4 is 11.9 Å². The van der Waals surface area contributed by atoms with Crippen LogP contribution in [0.15, 0.2) is 30.3 Å². The SMILES string of the molecule is O=C(COc1ccccc1)N1CCOC(=O)C12CCCC2. The molecule has 1 saturated carbocycles. The number of nitrogens with zero attached hydrogens (tertiary/aromatic N) is 1. The van der Waals surface area contributed by atoms with Crippen LogP contribution in [0.1, 0.15) is 25.7 Å². The topological polar surface area (TPSA) is 55.8 Å². The monoisotopic (exact) mass is 289 g/mol. The van der Waals surface area contributed by atoms with Crippen LogP contribution in [0.25, 0.3) is 0 Å². The number of para-hydroxylation sites is 1. The minimum atomic E-state index is -0.741. The standard InChI is InChI=1S/C16H19NO4/c18-14(12-21-13-6-2-1-3-7-13)17-10-11-20-15(19)16(17)8-4-5-9-16/h1-3,6-7H,4-5,8-12H2. The van der Waals surface area contributed by atoms with Crippen LogP contribution in [0.2, 0.25) is 0 Å². The first-order valence-electron chi connectivity index (χ1n) is 7.38. The summed E-state index contributed by atoms with van der Waals surface area (Å²) >= 11 is 0. The molecule has 1 amide bonds. The van der Waals surface area contributed by atoms with Crippen molar-refractivity contribution in [1.29, 1.82) is 0 Å². The zero-order chi connectivity index (χ0) is 14.7. The molecule has 2 fully saturated rings. The van der Waals surface area contributed by atoms with Gasteiger partial charge in [0.2, 0.25) is 0 Å². The summed E-state index contributed by atoms with van der Waals surface area (Å²) in [6.45, 7) is 0.694. The average Bonchev–Trinajstić information content (AvgIpc) is 2.99. The summed E-state index contributed by atoms with van der Waals surface area (Å²) in [5.41, 5.74) is -0.741. The van der Waals surface area contributed by atoms with Crippen molar-refractivity contribution in [3.8, 4) is 5.75 Å². The molecule has 1 spiro atoms. The summed E-state index contributed by atoms with van der Waals surface area (Å²) in [6, 6.07) is 9.22. The van der Waals surface area contributed by atoms with E-state index >= 15 is 0 Å². The highest BCUT2D eigenvalue weighted by atomic mass is 16.5. The highest BCUT2D eigenvalue weighted by Crippen LogP contribution is 2.38. The van der Waals surface area contributed by atoms with Gasteiger partial charge in [0.1, 0.15) is 17.9 Å². The van der Waals surface area contributed by atoms with E-state index in [0.29, 0.717) is 25.1 Å². The minimum Gasteiger partial charge on any atom is -0.484 e. The number of esters is 1. The van der Waals surface area contributed by atoms with E-state index in [9.17, 15) is 9.59 Å². The lowest BCUT2D eigenvalue weighted by Gasteiger charge is -2.42. The fraction of sp³-hybridized carbons (Fsp3) is 0.500. The van der Waals surface area contributed by atoms with Gasteiger partial charge in [-0.3, -0.25) is 4.79 Å². The maximum absolute atomic E-state index is 12.5. The van der Waals surface area contributed by atoms with E-state index in [1.807, 2.05) is 30.3 Å². The van der Waals surface area contributed by atoms with Crippen molar-refractivity contribution in [2.24, 2.45) is 0 Å². The van der Waals surface area contributed by atoms with Gasteiger partial charge in [-0.1, -0.05) is 31.0 Å². The van der Waals surface area contributed by atoms with Gasteiger partial charge in [0.15, 0.2) is 6.61 Å². The molecular formula is C16H19NO4. The van der Waals surface area contributed by atoms with Gasteiger partial charge in [-0.2, -0.15) is 0 Å². The van der Waals surface area contributed by atoms with Gasteiger partial charge in [-0.05, 0) is 25.0 Å². The molecule has 0 aromatic heterocycles. The molecule has 1 heterocycles. The van der Waals surface area contributed by atoms with Gasteiger partial charge < -0.3 is 14.4 Å². The second kappa shape index (κ2) is 5.76. The Hall–Kier alpha value is -2.04. The molecule has 0 unspecified atom stereocenters. The van der Waals surface area contributed by atoms with Gasteiger partial charge in [0.25, 0.3) is 5.91 Å². The van der Waals surface area contributed by atoms with Gasteiger partial charge in [-0.15, -0.1) is 0 Å². The van der Waals surface area contributed by atoms with E-state index in [-0.39, 0.29) is 25.1 Å². The molecule has 1 saturated heterocycles. The Balaban J connectivity index is 1.69. The molecule has 0 N–H and O–H groups in total. The van der Waals surface area contributed by atoms with Crippen molar-refractivity contribution in [2.45, 2.75) is 31.2 Å². The van der Waals surface area contributed by atoms with E-state index in [4.69, 9.17) is 9.47 Å². The molecular weight excluding hydrogens is 270 g/mol. The predicted octanol–water partition coefficient (Wildman–Crippen LogP) is 1.76. The summed E-state index contributed by atoms with van der Waals surface area (Å²) in [6.07, 6.45) is 3.31. The minimum absolute atomic E-state index is 0.0426. The molecule has 0 atom stereocenters. The summed E-state index contributed by atoms with van der Waals surface area (Å²) in [4.78, 5) is 26.3. The molecule has 3 rings (SSSR count). The molecule has 5 nitrogen and oxygen atoms in total. The third-order valence-electron chi connectivity index (χ3n) is 4.28. The highest BCUT2D eigenvalue weighted by molar-refractivity contribution is 5.90. The summed E-state index contributed by atoms with van der Waals surface area (Å²) in [5.74, 6) is 0.266. The second-order valence-electron chi connectivity index (χ2n) is 5.52. The van der Waals surface area contributed by atoms with Gasteiger partial charge in [-0.25, -0.2) is 4.79 Å². The Morgan fingerprint density at radius 2 is 1.95 bits per heavy atom. The molecule has 1 aliphatic heterocycles. The molecule has 5 heteroatoms. The number of morpholine rings is 1. The smallest absolute Gasteiger partial charge is 0.332 e. The third kappa shape index (κ3) is 2.60. The number of ether oxygens (including phenoxy) is 2.